The fraction of sp³-hybridized carbons (Fsp3) is 0.444. The zero-order chi connectivity index (χ0) is 28.3. The molecule has 1 saturated heterocycles. The van der Waals surface area contributed by atoms with Crippen molar-refractivity contribution in [2.45, 2.75) is 37.3 Å². The minimum absolute atomic E-state index is 0.00391. The first-order valence-corrected chi connectivity index (χ1v) is 14.6. The van der Waals surface area contributed by atoms with Gasteiger partial charge in [0.15, 0.2) is 5.17 Å². The predicted octanol–water partition coefficient (Wildman–Crippen LogP) is 3.79. The van der Waals surface area contributed by atoms with E-state index >= 15 is 0 Å². The van der Waals surface area contributed by atoms with Crippen molar-refractivity contribution in [3.63, 3.8) is 0 Å². The second-order valence-corrected chi connectivity index (χ2v) is 14.0. The van der Waals surface area contributed by atoms with Crippen molar-refractivity contribution in [2.24, 2.45) is 10.4 Å². The number of hydrogen-bond acceptors (Lipinski definition) is 7. The average Bonchev–Trinajstić information content (AvgIpc) is 3.08. The van der Waals surface area contributed by atoms with Crippen LogP contribution in [0.25, 0.3) is 0 Å². The van der Waals surface area contributed by atoms with Crippen LogP contribution < -0.4 is 5.32 Å². The number of para-hydroxylation sites is 1. The number of carbonyl (C=O) groups excluding carboxylic acids is 2. The molecule has 0 aliphatic carbocycles. The van der Waals surface area contributed by atoms with E-state index in [4.69, 9.17) is 4.99 Å². The Morgan fingerprint density at radius 2 is 1.76 bits per heavy atom. The van der Waals surface area contributed by atoms with Crippen LogP contribution in [0.5, 0.6) is 0 Å². The van der Waals surface area contributed by atoms with Gasteiger partial charge in [-0.05, 0) is 56.3 Å². The number of rotatable bonds is 10. The van der Waals surface area contributed by atoms with Gasteiger partial charge in [-0.25, -0.2) is 17.7 Å². The van der Waals surface area contributed by atoms with E-state index in [-0.39, 0.29) is 28.5 Å². The van der Waals surface area contributed by atoms with E-state index in [1.54, 1.807) is 29.2 Å². The number of nitrogens with zero attached hydrogens (tertiary/aromatic N) is 4. The second-order valence-electron chi connectivity index (χ2n) is 10.7. The minimum Gasteiger partial charge on any atom is -0.326 e. The van der Waals surface area contributed by atoms with Gasteiger partial charge in [0.05, 0.1) is 10.6 Å². The smallest absolute Gasteiger partial charge is 0.242 e. The van der Waals surface area contributed by atoms with Crippen molar-refractivity contribution < 1.29 is 18.0 Å². The predicted molar refractivity (Wildman–Crippen MR) is 154 cm³/mol. The molecule has 3 rings (SSSR count). The van der Waals surface area contributed by atoms with E-state index in [2.05, 4.69) is 24.1 Å². The van der Waals surface area contributed by atoms with Gasteiger partial charge in [-0.15, -0.1) is 0 Å². The third-order valence-corrected chi connectivity index (χ3v) is 8.94. The summed E-state index contributed by atoms with van der Waals surface area (Å²) in [4.78, 5) is 35.0. The zero-order valence-corrected chi connectivity index (χ0v) is 24.7. The molecule has 1 unspecified atom stereocenters. The Bertz CT molecular complexity index is 1310. The van der Waals surface area contributed by atoms with Crippen LogP contribution in [0.15, 0.2) is 58.4 Å². The number of hydrogen-bond donors (Lipinski definition) is 1. The summed E-state index contributed by atoms with van der Waals surface area (Å²) < 4.78 is 26.6. The Kier molecular flexibility index (Phi) is 9.40. The summed E-state index contributed by atoms with van der Waals surface area (Å²) in [5, 5.41) is 2.67. The van der Waals surface area contributed by atoms with Gasteiger partial charge in [0, 0.05) is 39.3 Å². The number of amidine groups is 1. The summed E-state index contributed by atoms with van der Waals surface area (Å²) in [5.41, 5.74) is 1.65. The molecule has 0 saturated carbocycles. The Morgan fingerprint density at radius 1 is 1.11 bits per heavy atom. The highest BCUT2D eigenvalue weighted by atomic mass is 32.2. The molecule has 2 amide bonds. The Labute approximate surface area is 230 Å². The van der Waals surface area contributed by atoms with Crippen LogP contribution in [0, 0.1) is 12.3 Å². The molecule has 0 bridgehead atoms. The van der Waals surface area contributed by atoms with E-state index in [1.807, 2.05) is 39.2 Å². The molecule has 9 nitrogen and oxygen atoms in total. The molecule has 38 heavy (non-hydrogen) atoms. The molecule has 0 spiro atoms. The topological polar surface area (TPSA) is 102 Å². The number of thioether (sulfide) groups is 1. The lowest BCUT2D eigenvalue weighted by atomic mass is 9.92. The molecule has 11 heteroatoms. The number of aliphatic imine (C=N–C) groups is 1. The monoisotopic (exact) mass is 559 g/mol. The van der Waals surface area contributed by atoms with Gasteiger partial charge in [0.2, 0.25) is 21.8 Å². The lowest BCUT2D eigenvalue weighted by Gasteiger charge is -2.32. The average molecular weight is 560 g/mol. The Balaban J connectivity index is 1.95. The van der Waals surface area contributed by atoms with E-state index in [9.17, 15) is 18.0 Å². The van der Waals surface area contributed by atoms with Crippen LogP contribution >= 0.6 is 11.8 Å². The third-order valence-electron chi connectivity index (χ3n) is 5.95. The molecule has 2 aromatic carbocycles. The number of aryl methyl sites for hydroxylation is 1. The highest BCUT2D eigenvalue weighted by molar-refractivity contribution is 8.15. The summed E-state index contributed by atoms with van der Waals surface area (Å²) in [6.07, 6.45) is -0.00391. The van der Waals surface area contributed by atoms with Gasteiger partial charge in [0.25, 0.3) is 0 Å². The second kappa shape index (κ2) is 12.0. The minimum atomic E-state index is -3.65. The lowest BCUT2D eigenvalue weighted by Crippen LogP contribution is -2.43. The van der Waals surface area contributed by atoms with E-state index < -0.39 is 15.3 Å². The molecule has 2 aromatic rings. The molecule has 1 aliphatic heterocycles. The maximum atomic E-state index is 13.6. The van der Waals surface area contributed by atoms with Crippen LogP contribution in [0.4, 0.5) is 11.4 Å². The van der Waals surface area contributed by atoms with Gasteiger partial charge in [-0.1, -0.05) is 49.9 Å². The molecular formula is C27H37N5O4S2. The van der Waals surface area contributed by atoms with Crippen molar-refractivity contribution in [1.29, 1.82) is 0 Å². The Morgan fingerprint density at radius 3 is 2.37 bits per heavy atom. The maximum Gasteiger partial charge on any atom is 0.242 e. The van der Waals surface area contributed by atoms with Crippen LogP contribution in [0.2, 0.25) is 0 Å². The van der Waals surface area contributed by atoms with Crippen molar-refractivity contribution in [3.8, 4) is 0 Å². The molecule has 1 aliphatic rings. The number of amides is 2. The van der Waals surface area contributed by atoms with Gasteiger partial charge < -0.3 is 10.2 Å². The van der Waals surface area contributed by atoms with Crippen molar-refractivity contribution in [3.05, 3.63) is 54.1 Å². The molecule has 1 N–H and O–H groups in total. The molecule has 0 radical (unpaired) electrons. The fourth-order valence-corrected chi connectivity index (χ4v) is 6.36. The van der Waals surface area contributed by atoms with Gasteiger partial charge >= 0.3 is 0 Å². The number of carbonyl (C=O) groups is 2. The summed E-state index contributed by atoms with van der Waals surface area (Å²) in [6.45, 7) is 7.14. The number of benzene rings is 2. The van der Waals surface area contributed by atoms with E-state index in [0.29, 0.717) is 23.1 Å². The lowest BCUT2D eigenvalue weighted by molar-refractivity contribution is -0.129. The molecule has 0 aromatic heterocycles. The SMILES string of the molecule is Cc1ccc(S(=O)(=O)N(C)C)cc1N=C1SC(CC(=O)Nc2ccccc2)C(=O)N1CC(C)(C)CN(C)C. The first kappa shape index (κ1) is 29.8. The normalized spacial score (nSPS) is 17.6. The highest BCUT2D eigenvalue weighted by Crippen LogP contribution is 2.35. The molecule has 206 valence electrons. The first-order valence-electron chi connectivity index (χ1n) is 12.3. The Hall–Kier alpha value is -2.73. The van der Waals surface area contributed by atoms with Crippen molar-refractivity contribution in [2.75, 3.05) is 46.6 Å². The van der Waals surface area contributed by atoms with Crippen LogP contribution in [0.3, 0.4) is 0 Å². The van der Waals surface area contributed by atoms with E-state index in [1.165, 1.54) is 31.9 Å². The fourth-order valence-electron chi connectivity index (χ4n) is 4.29. The van der Waals surface area contributed by atoms with Crippen LogP contribution in [-0.4, -0.2) is 86.0 Å². The van der Waals surface area contributed by atoms with Crippen molar-refractivity contribution >= 4 is 50.1 Å². The van der Waals surface area contributed by atoms with Crippen LogP contribution in [-0.2, 0) is 19.6 Å². The molecule has 1 atom stereocenters. The van der Waals surface area contributed by atoms with Crippen LogP contribution in [0.1, 0.15) is 25.8 Å². The molecule has 1 fully saturated rings. The summed E-state index contributed by atoms with van der Waals surface area (Å²) in [6, 6.07) is 13.9. The van der Waals surface area contributed by atoms with Gasteiger partial charge in [-0.3, -0.25) is 14.5 Å². The van der Waals surface area contributed by atoms with Crippen molar-refractivity contribution in [1.82, 2.24) is 14.1 Å². The number of sulfonamides is 1. The largest absolute Gasteiger partial charge is 0.326 e. The summed E-state index contributed by atoms with van der Waals surface area (Å²) in [7, 11) is 3.26. The zero-order valence-electron chi connectivity index (χ0n) is 23.1. The summed E-state index contributed by atoms with van der Waals surface area (Å²) >= 11 is 1.24. The third kappa shape index (κ3) is 7.43. The standard InChI is InChI=1S/C27H37N5O4S2/c1-19-13-14-21(38(35,36)31(6)7)15-22(19)29-26-32(18-27(2,3)17-30(4)5)25(34)23(37-26)16-24(33)28-20-11-9-8-10-12-20/h8-15,23H,16-18H2,1-7H3,(H,28,33). The van der Waals surface area contributed by atoms with Gasteiger partial charge in [0.1, 0.15) is 5.25 Å². The first-order chi connectivity index (χ1) is 17.7. The molecular weight excluding hydrogens is 522 g/mol. The van der Waals surface area contributed by atoms with Gasteiger partial charge in [-0.2, -0.15) is 0 Å². The number of nitrogens with one attached hydrogen (secondary N) is 1. The van der Waals surface area contributed by atoms with E-state index in [0.717, 1.165) is 16.4 Å². The maximum absolute atomic E-state index is 13.6. The highest BCUT2D eigenvalue weighted by Gasteiger charge is 2.41. The quantitative estimate of drug-likeness (QED) is 0.475. The molecule has 1 heterocycles. The number of anilines is 1. The summed E-state index contributed by atoms with van der Waals surface area (Å²) in [5.74, 6) is -0.440.